The van der Waals surface area contributed by atoms with Crippen LogP contribution in [0.5, 0.6) is 0 Å². The number of halogens is 2. The third-order valence-electron chi connectivity index (χ3n) is 4.88. The molecule has 32 heavy (non-hydrogen) atoms. The molecule has 0 aliphatic rings. The minimum Gasteiger partial charge on any atom is -0.326 e. The predicted octanol–water partition coefficient (Wildman–Crippen LogP) is 6.00. The Kier molecular flexibility index (Phi) is 8.06. The highest BCUT2D eigenvalue weighted by atomic mass is 35.5. The van der Waals surface area contributed by atoms with Gasteiger partial charge in [0.15, 0.2) is 0 Å². The van der Waals surface area contributed by atoms with Gasteiger partial charge in [-0.15, -0.1) is 10.2 Å². The van der Waals surface area contributed by atoms with Gasteiger partial charge < -0.3 is 10.6 Å². The molecule has 0 fully saturated rings. The second-order valence-corrected chi connectivity index (χ2v) is 9.15. The predicted molar refractivity (Wildman–Crippen MR) is 131 cm³/mol. The molecular formula is C22H23Cl2N5O2S. The van der Waals surface area contributed by atoms with E-state index < -0.39 is 12.1 Å². The summed E-state index contributed by atoms with van der Waals surface area (Å²) in [6.45, 7) is 5.84. The van der Waals surface area contributed by atoms with Crippen molar-refractivity contribution < 1.29 is 9.59 Å². The number of aromatic nitrogens is 2. The molecule has 0 saturated heterocycles. The number of aryl methyl sites for hydroxylation is 1. The molecule has 10 heteroatoms. The van der Waals surface area contributed by atoms with E-state index in [1.165, 1.54) is 17.4 Å². The van der Waals surface area contributed by atoms with E-state index in [-0.39, 0.29) is 11.8 Å². The summed E-state index contributed by atoms with van der Waals surface area (Å²) in [4.78, 5) is 25.5. The Morgan fingerprint density at radius 2 is 1.84 bits per heavy atom. The molecule has 168 valence electrons. The fourth-order valence-electron chi connectivity index (χ4n) is 2.94. The van der Waals surface area contributed by atoms with Crippen molar-refractivity contribution in [2.24, 2.45) is 5.92 Å². The minimum atomic E-state index is -0.769. The summed E-state index contributed by atoms with van der Waals surface area (Å²) < 4.78 is 0. The number of urea groups is 1. The highest BCUT2D eigenvalue weighted by Crippen LogP contribution is 2.27. The average Bonchev–Trinajstić information content (AvgIpc) is 3.22. The number of anilines is 2. The highest BCUT2D eigenvalue weighted by Gasteiger charge is 2.27. The number of carbonyl (C=O) groups excluding carboxylic acids is 2. The summed E-state index contributed by atoms with van der Waals surface area (Å²) in [5.74, 6) is -0.477. The molecule has 2 atom stereocenters. The number of benzene rings is 2. The summed E-state index contributed by atoms with van der Waals surface area (Å²) in [7, 11) is 0. The van der Waals surface area contributed by atoms with E-state index >= 15 is 0 Å². The van der Waals surface area contributed by atoms with Gasteiger partial charge in [-0.2, -0.15) is 0 Å². The van der Waals surface area contributed by atoms with Gasteiger partial charge in [-0.1, -0.05) is 78.6 Å². The molecule has 3 N–H and O–H groups in total. The molecule has 7 nitrogen and oxygen atoms in total. The minimum absolute atomic E-state index is 0.112. The van der Waals surface area contributed by atoms with Gasteiger partial charge in [0.05, 0.1) is 10.0 Å². The van der Waals surface area contributed by atoms with Crippen LogP contribution in [0, 0.1) is 12.8 Å². The van der Waals surface area contributed by atoms with Gasteiger partial charge in [-0.3, -0.25) is 10.1 Å². The monoisotopic (exact) mass is 491 g/mol. The normalized spacial score (nSPS) is 12.7. The van der Waals surface area contributed by atoms with Gasteiger partial charge in [0.2, 0.25) is 11.0 Å². The lowest BCUT2D eigenvalue weighted by Crippen LogP contribution is -2.49. The first kappa shape index (κ1) is 24.0. The van der Waals surface area contributed by atoms with Crippen LogP contribution >= 0.6 is 34.5 Å². The van der Waals surface area contributed by atoms with E-state index in [2.05, 4.69) is 26.1 Å². The standard InChI is InChI=1S/C22H23Cl2N5O2S/c1-4-13(3)18(26-21(31)25-15-8-9-16(23)17(24)11-15)19(30)27-22-29-28-20(32-22)14-7-5-6-12(2)10-14/h5-11,13,18H,4H2,1-3H3,(H2,25,26,31)(H,27,29,30). The molecule has 0 saturated carbocycles. The van der Waals surface area contributed by atoms with E-state index in [1.54, 1.807) is 12.1 Å². The van der Waals surface area contributed by atoms with Crippen molar-refractivity contribution >= 4 is 57.3 Å². The molecule has 3 rings (SSSR count). The fourth-order valence-corrected chi connectivity index (χ4v) is 3.98. The van der Waals surface area contributed by atoms with E-state index in [4.69, 9.17) is 23.2 Å². The van der Waals surface area contributed by atoms with Crippen LogP contribution < -0.4 is 16.0 Å². The number of hydrogen-bond acceptors (Lipinski definition) is 5. The Bertz CT molecular complexity index is 1120. The fraction of sp³-hybridized carbons (Fsp3) is 0.273. The first-order valence-corrected chi connectivity index (χ1v) is 11.6. The number of carbonyl (C=O) groups is 2. The SMILES string of the molecule is CCC(C)C(NC(=O)Nc1ccc(Cl)c(Cl)c1)C(=O)Nc1nnc(-c2cccc(C)c2)s1. The van der Waals surface area contributed by atoms with Crippen LogP contribution in [0.2, 0.25) is 10.0 Å². The van der Waals surface area contributed by atoms with Crippen molar-refractivity contribution in [3.8, 4) is 10.6 Å². The van der Waals surface area contributed by atoms with Crippen LogP contribution in [-0.2, 0) is 4.79 Å². The molecular weight excluding hydrogens is 469 g/mol. The van der Waals surface area contributed by atoms with Crippen LogP contribution in [0.4, 0.5) is 15.6 Å². The summed E-state index contributed by atoms with van der Waals surface area (Å²) in [6.07, 6.45) is 0.690. The number of nitrogens with zero attached hydrogens (tertiary/aromatic N) is 2. The second-order valence-electron chi connectivity index (χ2n) is 7.36. The highest BCUT2D eigenvalue weighted by molar-refractivity contribution is 7.18. The number of rotatable bonds is 7. The third kappa shape index (κ3) is 6.18. The maximum absolute atomic E-state index is 12.9. The van der Waals surface area contributed by atoms with Crippen LogP contribution in [0.1, 0.15) is 25.8 Å². The van der Waals surface area contributed by atoms with Crippen molar-refractivity contribution in [3.05, 3.63) is 58.1 Å². The molecule has 1 aromatic heterocycles. The van der Waals surface area contributed by atoms with Gasteiger partial charge in [-0.05, 0) is 37.1 Å². The van der Waals surface area contributed by atoms with Gasteiger partial charge in [0.25, 0.3) is 0 Å². The lowest BCUT2D eigenvalue weighted by molar-refractivity contribution is -0.119. The van der Waals surface area contributed by atoms with Crippen LogP contribution in [0.15, 0.2) is 42.5 Å². The summed E-state index contributed by atoms with van der Waals surface area (Å²) >= 11 is 13.2. The first-order valence-electron chi connectivity index (χ1n) is 10.0. The smallest absolute Gasteiger partial charge is 0.319 e. The Labute approximate surface area is 200 Å². The van der Waals surface area contributed by atoms with Gasteiger partial charge >= 0.3 is 6.03 Å². The molecule has 0 bridgehead atoms. The Morgan fingerprint density at radius 3 is 2.53 bits per heavy atom. The summed E-state index contributed by atoms with van der Waals surface area (Å²) in [6, 6.07) is 11.3. The Hall–Kier alpha value is -2.68. The van der Waals surface area contributed by atoms with Crippen LogP contribution in [0.3, 0.4) is 0 Å². The van der Waals surface area contributed by atoms with E-state index in [1.807, 2.05) is 45.0 Å². The van der Waals surface area contributed by atoms with Gasteiger partial charge in [0, 0.05) is 11.3 Å². The molecule has 0 aliphatic carbocycles. The van der Waals surface area contributed by atoms with E-state index in [0.29, 0.717) is 32.3 Å². The Morgan fingerprint density at radius 1 is 1.06 bits per heavy atom. The van der Waals surface area contributed by atoms with Crippen molar-refractivity contribution in [1.29, 1.82) is 0 Å². The quantitative estimate of drug-likeness (QED) is 0.377. The average molecular weight is 492 g/mol. The molecule has 1 heterocycles. The van der Waals surface area contributed by atoms with Crippen molar-refractivity contribution in [2.75, 3.05) is 10.6 Å². The molecule has 0 spiro atoms. The number of nitrogens with one attached hydrogen (secondary N) is 3. The molecule has 0 radical (unpaired) electrons. The van der Waals surface area contributed by atoms with Crippen LogP contribution in [-0.4, -0.2) is 28.2 Å². The van der Waals surface area contributed by atoms with Crippen LogP contribution in [0.25, 0.3) is 10.6 Å². The number of hydrogen-bond donors (Lipinski definition) is 3. The molecule has 2 unspecified atom stereocenters. The Balaban J connectivity index is 1.68. The summed E-state index contributed by atoms with van der Waals surface area (Å²) in [5, 5.41) is 18.2. The third-order valence-corrected chi connectivity index (χ3v) is 6.51. The van der Waals surface area contributed by atoms with Crippen molar-refractivity contribution in [1.82, 2.24) is 15.5 Å². The first-order chi connectivity index (χ1) is 15.3. The van der Waals surface area contributed by atoms with E-state index in [9.17, 15) is 9.59 Å². The van der Waals surface area contributed by atoms with Crippen molar-refractivity contribution in [2.45, 2.75) is 33.2 Å². The zero-order valence-corrected chi connectivity index (χ0v) is 20.1. The lowest BCUT2D eigenvalue weighted by atomic mass is 9.98. The molecule has 3 amide bonds. The maximum Gasteiger partial charge on any atom is 0.319 e. The largest absolute Gasteiger partial charge is 0.326 e. The summed E-state index contributed by atoms with van der Waals surface area (Å²) in [5.41, 5.74) is 2.50. The molecule has 2 aromatic carbocycles. The zero-order chi connectivity index (χ0) is 23.3. The topological polar surface area (TPSA) is 96.0 Å². The van der Waals surface area contributed by atoms with Crippen molar-refractivity contribution in [3.63, 3.8) is 0 Å². The second kappa shape index (κ2) is 10.8. The maximum atomic E-state index is 12.9. The number of amides is 3. The van der Waals surface area contributed by atoms with Gasteiger partial charge in [-0.25, -0.2) is 4.79 Å². The zero-order valence-electron chi connectivity index (χ0n) is 17.8. The van der Waals surface area contributed by atoms with E-state index in [0.717, 1.165) is 11.1 Å². The molecule has 0 aliphatic heterocycles. The molecule has 3 aromatic rings. The van der Waals surface area contributed by atoms with Gasteiger partial charge in [0.1, 0.15) is 11.0 Å². The lowest BCUT2D eigenvalue weighted by Gasteiger charge is -2.23.